The quantitative estimate of drug-likeness (QED) is 0.573. The number of hydrogen-bond donors (Lipinski definition) is 1. The lowest BCUT2D eigenvalue weighted by atomic mass is 10.1. The van der Waals surface area contributed by atoms with Crippen LogP contribution in [-0.2, 0) is 0 Å². The van der Waals surface area contributed by atoms with Gasteiger partial charge in [-0.25, -0.2) is 9.67 Å². The Balaban J connectivity index is 1.85. The lowest BCUT2D eigenvalue weighted by Gasteiger charge is -2.15. The summed E-state index contributed by atoms with van der Waals surface area (Å²) >= 11 is 0. The maximum Gasteiger partial charge on any atom is 0.181 e. The molecule has 0 saturated heterocycles. The normalized spacial score (nSPS) is 12.0. The number of phenolic OH excluding ortho intramolecular Hbond substituents is 1. The van der Waals surface area contributed by atoms with Crippen molar-refractivity contribution < 1.29 is 5.11 Å². The molecule has 4 heteroatoms. The van der Waals surface area contributed by atoms with Crippen LogP contribution in [0.3, 0.4) is 0 Å². The lowest BCUT2D eigenvalue weighted by molar-refractivity contribution is 0.475. The van der Waals surface area contributed by atoms with Gasteiger partial charge in [0.1, 0.15) is 5.75 Å². The molecule has 1 heterocycles. The Morgan fingerprint density at radius 1 is 0.769 bits per heavy atom. The average Bonchev–Trinajstić information content (AvgIpc) is 3.15. The third kappa shape index (κ3) is 3.09. The Bertz CT molecular complexity index is 993. The van der Waals surface area contributed by atoms with E-state index in [9.17, 15) is 5.11 Å². The largest absolute Gasteiger partial charge is 0.508 e. The first-order chi connectivity index (χ1) is 12.7. The number of nitrogens with zero attached hydrogens (tertiary/aromatic N) is 3. The molecule has 0 spiro atoms. The van der Waals surface area contributed by atoms with Gasteiger partial charge in [0.15, 0.2) is 11.6 Å². The number of benzene rings is 3. The minimum Gasteiger partial charge on any atom is -0.508 e. The van der Waals surface area contributed by atoms with Crippen molar-refractivity contribution in [1.82, 2.24) is 14.8 Å². The second kappa shape index (κ2) is 6.84. The van der Waals surface area contributed by atoms with Gasteiger partial charge in [-0.3, -0.25) is 0 Å². The molecule has 1 atom stereocenters. The van der Waals surface area contributed by atoms with Crippen LogP contribution >= 0.6 is 0 Å². The molecule has 4 aromatic rings. The van der Waals surface area contributed by atoms with Crippen molar-refractivity contribution >= 4 is 0 Å². The van der Waals surface area contributed by atoms with Crippen LogP contribution in [0.4, 0.5) is 0 Å². The van der Waals surface area contributed by atoms with E-state index in [1.54, 1.807) is 12.1 Å². The second-order valence-corrected chi connectivity index (χ2v) is 6.20. The van der Waals surface area contributed by atoms with Gasteiger partial charge in [0.05, 0.1) is 6.04 Å². The average molecular weight is 341 g/mol. The molecule has 0 aliphatic heterocycles. The zero-order valence-corrected chi connectivity index (χ0v) is 14.4. The molecule has 4 nitrogen and oxygen atoms in total. The summed E-state index contributed by atoms with van der Waals surface area (Å²) in [6.45, 7) is 2.11. The Kier molecular flexibility index (Phi) is 4.23. The van der Waals surface area contributed by atoms with Gasteiger partial charge in [0.25, 0.3) is 0 Å². The maximum absolute atomic E-state index is 9.60. The van der Waals surface area contributed by atoms with Gasteiger partial charge in [-0.1, -0.05) is 60.7 Å². The summed E-state index contributed by atoms with van der Waals surface area (Å²) in [5.74, 6) is 1.70. The Morgan fingerprint density at radius 2 is 1.38 bits per heavy atom. The van der Waals surface area contributed by atoms with Crippen LogP contribution in [0.1, 0.15) is 18.5 Å². The van der Waals surface area contributed by atoms with Crippen molar-refractivity contribution in [3.63, 3.8) is 0 Å². The van der Waals surface area contributed by atoms with Crippen LogP contribution in [-0.4, -0.2) is 19.9 Å². The summed E-state index contributed by atoms with van der Waals surface area (Å²) < 4.78 is 1.95. The van der Waals surface area contributed by atoms with E-state index in [-0.39, 0.29) is 11.8 Å². The molecule has 0 bridgehead atoms. The van der Waals surface area contributed by atoms with Crippen molar-refractivity contribution in [3.05, 3.63) is 90.5 Å². The van der Waals surface area contributed by atoms with Crippen molar-refractivity contribution in [2.75, 3.05) is 0 Å². The molecule has 3 aromatic carbocycles. The van der Waals surface area contributed by atoms with Crippen molar-refractivity contribution in [2.45, 2.75) is 13.0 Å². The summed E-state index contributed by atoms with van der Waals surface area (Å²) in [5.41, 5.74) is 3.06. The number of phenols is 1. The van der Waals surface area contributed by atoms with Gasteiger partial charge in [0, 0.05) is 11.1 Å². The van der Waals surface area contributed by atoms with E-state index in [0.29, 0.717) is 5.82 Å². The van der Waals surface area contributed by atoms with Gasteiger partial charge in [-0.05, 0) is 36.8 Å². The topological polar surface area (TPSA) is 50.9 Å². The highest BCUT2D eigenvalue weighted by molar-refractivity contribution is 5.62. The Hall–Kier alpha value is -3.40. The predicted molar refractivity (Wildman–Crippen MR) is 103 cm³/mol. The van der Waals surface area contributed by atoms with E-state index in [2.05, 4.69) is 19.1 Å². The fourth-order valence-electron chi connectivity index (χ4n) is 2.98. The van der Waals surface area contributed by atoms with Gasteiger partial charge in [0.2, 0.25) is 0 Å². The highest BCUT2D eigenvalue weighted by atomic mass is 16.3. The van der Waals surface area contributed by atoms with Gasteiger partial charge in [-0.2, -0.15) is 0 Å². The molecule has 1 aromatic heterocycles. The van der Waals surface area contributed by atoms with Crippen LogP contribution in [0, 0.1) is 0 Å². The molecule has 0 fully saturated rings. The van der Waals surface area contributed by atoms with E-state index >= 15 is 0 Å². The zero-order chi connectivity index (χ0) is 17.9. The molecule has 26 heavy (non-hydrogen) atoms. The van der Waals surface area contributed by atoms with E-state index in [0.717, 1.165) is 22.5 Å². The second-order valence-electron chi connectivity index (χ2n) is 6.20. The molecule has 0 aliphatic rings. The van der Waals surface area contributed by atoms with Crippen LogP contribution in [0.25, 0.3) is 22.8 Å². The van der Waals surface area contributed by atoms with Crippen LogP contribution < -0.4 is 0 Å². The molecule has 0 saturated carbocycles. The van der Waals surface area contributed by atoms with Gasteiger partial charge < -0.3 is 5.11 Å². The summed E-state index contributed by atoms with van der Waals surface area (Å²) in [6.07, 6.45) is 0. The number of aromatic nitrogens is 3. The van der Waals surface area contributed by atoms with E-state index in [1.807, 2.05) is 65.3 Å². The molecule has 1 N–H and O–H groups in total. The third-order valence-corrected chi connectivity index (χ3v) is 4.44. The molecule has 1 unspecified atom stereocenters. The van der Waals surface area contributed by atoms with Gasteiger partial charge in [-0.15, -0.1) is 5.10 Å². The van der Waals surface area contributed by atoms with Crippen LogP contribution in [0.2, 0.25) is 0 Å². The first-order valence-corrected chi connectivity index (χ1v) is 8.58. The Labute approximate surface area is 152 Å². The molecule has 0 aliphatic carbocycles. The molecular weight excluding hydrogens is 322 g/mol. The van der Waals surface area contributed by atoms with Crippen LogP contribution in [0.5, 0.6) is 5.75 Å². The minimum absolute atomic E-state index is 0.0324. The van der Waals surface area contributed by atoms with E-state index in [4.69, 9.17) is 10.1 Å². The number of hydrogen-bond acceptors (Lipinski definition) is 3. The first kappa shape index (κ1) is 16.1. The summed E-state index contributed by atoms with van der Waals surface area (Å²) in [4.78, 5) is 4.80. The standard InChI is InChI=1S/C22H19N3O/c1-16(17-8-4-2-5-9-17)25-22(19-12-14-20(26)15-13-19)23-21(24-25)18-10-6-3-7-11-18/h2-16,26H,1H3. The molecule has 0 radical (unpaired) electrons. The number of rotatable bonds is 4. The van der Waals surface area contributed by atoms with Crippen molar-refractivity contribution in [1.29, 1.82) is 0 Å². The highest BCUT2D eigenvalue weighted by Crippen LogP contribution is 2.28. The predicted octanol–water partition coefficient (Wildman–Crippen LogP) is 4.93. The van der Waals surface area contributed by atoms with Crippen molar-refractivity contribution in [2.24, 2.45) is 0 Å². The maximum atomic E-state index is 9.60. The molecular formula is C22H19N3O. The summed E-state index contributed by atoms with van der Waals surface area (Å²) in [5, 5.41) is 14.4. The zero-order valence-electron chi connectivity index (χ0n) is 14.4. The first-order valence-electron chi connectivity index (χ1n) is 8.58. The third-order valence-electron chi connectivity index (χ3n) is 4.44. The minimum atomic E-state index is 0.0324. The van der Waals surface area contributed by atoms with Gasteiger partial charge >= 0.3 is 0 Å². The SMILES string of the molecule is CC(c1ccccc1)n1nc(-c2ccccc2)nc1-c1ccc(O)cc1. The monoisotopic (exact) mass is 341 g/mol. The van der Waals surface area contributed by atoms with E-state index in [1.165, 1.54) is 0 Å². The lowest BCUT2D eigenvalue weighted by Crippen LogP contribution is -2.10. The fourth-order valence-corrected chi connectivity index (χ4v) is 2.98. The summed E-state index contributed by atoms with van der Waals surface area (Å²) in [6, 6.07) is 27.3. The van der Waals surface area contributed by atoms with E-state index < -0.39 is 0 Å². The molecule has 0 amide bonds. The van der Waals surface area contributed by atoms with Crippen LogP contribution in [0.15, 0.2) is 84.9 Å². The highest BCUT2D eigenvalue weighted by Gasteiger charge is 2.18. The summed E-state index contributed by atoms with van der Waals surface area (Å²) in [7, 11) is 0. The molecule has 4 rings (SSSR count). The Morgan fingerprint density at radius 3 is 2.04 bits per heavy atom. The van der Waals surface area contributed by atoms with Crippen molar-refractivity contribution in [3.8, 4) is 28.5 Å². The fraction of sp³-hybridized carbons (Fsp3) is 0.0909. The smallest absolute Gasteiger partial charge is 0.181 e. The molecule has 128 valence electrons. The number of aromatic hydroxyl groups is 1.